The maximum Gasteiger partial charge on any atom is 0.243 e. The average Bonchev–Trinajstić information content (AvgIpc) is 2.94. The van der Waals surface area contributed by atoms with E-state index in [0.717, 1.165) is 22.9 Å². The Bertz CT molecular complexity index is 1460. The summed E-state index contributed by atoms with van der Waals surface area (Å²) in [5.41, 5.74) is 3.55. The van der Waals surface area contributed by atoms with Crippen molar-refractivity contribution in [2.24, 2.45) is 5.92 Å². The van der Waals surface area contributed by atoms with Gasteiger partial charge in [-0.25, -0.2) is 12.8 Å². The van der Waals surface area contributed by atoms with Crippen LogP contribution in [0.2, 0.25) is 0 Å². The third-order valence-corrected chi connectivity index (χ3v) is 8.43. The van der Waals surface area contributed by atoms with Crippen molar-refractivity contribution in [1.82, 2.24) is 10.2 Å². The Labute approximate surface area is 249 Å². The molecule has 9 heteroatoms. The van der Waals surface area contributed by atoms with E-state index in [0.29, 0.717) is 17.8 Å². The minimum absolute atomic E-state index is 0.0198. The van der Waals surface area contributed by atoms with Crippen LogP contribution in [-0.4, -0.2) is 50.5 Å². The normalized spacial score (nSPS) is 12.2. The molecule has 0 aliphatic rings. The Balaban J connectivity index is 1.91. The molecule has 0 radical (unpaired) electrons. The Hall–Kier alpha value is -3.72. The van der Waals surface area contributed by atoms with E-state index in [4.69, 9.17) is 0 Å². The van der Waals surface area contributed by atoms with Crippen LogP contribution in [0.5, 0.6) is 0 Å². The highest BCUT2D eigenvalue weighted by atomic mass is 32.2. The maximum absolute atomic E-state index is 14.8. The van der Waals surface area contributed by atoms with Gasteiger partial charge in [-0.05, 0) is 55.0 Å². The molecule has 0 saturated carbocycles. The number of sulfonamides is 1. The van der Waals surface area contributed by atoms with Crippen LogP contribution in [0.1, 0.15) is 48.9 Å². The fraction of sp³-hybridized carbons (Fsp3) is 0.394. The molecule has 2 amide bonds. The van der Waals surface area contributed by atoms with Crippen molar-refractivity contribution in [3.05, 3.63) is 101 Å². The predicted molar refractivity (Wildman–Crippen MR) is 166 cm³/mol. The van der Waals surface area contributed by atoms with Gasteiger partial charge in [0.2, 0.25) is 21.8 Å². The number of carbonyl (C=O) groups is 2. The zero-order valence-corrected chi connectivity index (χ0v) is 26.0. The van der Waals surface area contributed by atoms with E-state index >= 15 is 0 Å². The SMILES string of the molecule is Cc1cccc(N(CCCC(=O)N(Cc2ccccc2F)[C@@H](Cc2ccccc2)C(=O)NCC(C)C)S(C)(=O)=O)c1C. The quantitative estimate of drug-likeness (QED) is 0.270. The van der Waals surface area contributed by atoms with E-state index < -0.39 is 21.9 Å². The number of aryl methyl sites for hydroxylation is 1. The van der Waals surface area contributed by atoms with Gasteiger partial charge in [0, 0.05) is 38.0 Å². The summed E-state index contributed by atoms with van der Waals surface area (Å²) in [4.78, 5) is 28.9. The van der Waals surface area contributed by atoms with Crippen LogP contribution in [0.4, 0.5) is 10.1 Å². The molecule has 3 aromatic carbocycles. The smallest absolute Gasteiger partial charge is 0.243 e. The third-order valence-electron chi connectivity index (χ3n) is 7.25. The van der Waals surface area contributed by atoms with E-state index in [1.165, 1.54) is 15.3 Å². The van der Waals surface area contributed by atoms with Crippen molar-refractivity contribution in [1.29, 1.82) is 0 Å². The van der Waals surface area contributed by atoms with E-state index in [9.17, 15) is 22.4 Å². The molecule has 0 heterocycles. The van der Waals surface area contributed by atoms with Gasteiger partial charge in [0.25, 0.3) is 0 Å². The first-order chi connectivity index (χ1) is 19.9. The lowest BCUT2D eigenvalue weighted by atomic mass is 10.0. The van der Waals surface area contributed by atoms with E-state index in [-0.39, 0.29) is 50.1 Å². The van der Waals surface area contributed by atoms with Gasteiger partial charge in [0.05, 0.1) is 11.9 Å². The monoisotopic (exact) mass is 595 g/mol. The molecule has 0 spiro atoms. The summed E-state index contributed by atoms with van der Waals surface area (Å²) >= 11 is 0. The topological polar surface area (TPSA) is 86.8 Å². The molecule has 0 saturated heterocycles. The van der Waals surface area contributed by atoms with Crippen molar-refractivity contribution in [3.63, 3.8) is 0 Å². The van der Waals surface area contributed by atoms with Gasteiger partial charge < -0.3 is 10.2 Å². The molecule has 3 aromatic rings. The highest BCUT2D eigenvalue weighted by molar-refractivity contribution is 7.92. The largest absolute Gasteiger partial charge is 0.354 e. The third kappa shape index (κ3) is 9.14. The number of nitrogens with one attached hydrogen (secondary N) is 1. The molecule has 1 N–H and O–H groups in total. The van der Waals surface area contributed by atoms with Gasteiger partial charge in [0.15, 0.2) is 0 Å². The average molecular weight is 596 g/mol. The summed E-state index contributed by atoms with van der Waals surface area (Å²) in [7, 11) is -3.62. The van der Waals surface area contributed by atoms with Crippen LogP contribution >= 0.6 is 0 Å². The number of anilines is 1. The first-order valence-electron chi connectivity index (χ1n) is 14.3. The molecule has 0 aromatic heterocycles. The number of halogens is 1. The first kappa shape index (κ1) is 32.8. The summed E-state index contributed by atoms with van der Waals surface area (Å²) < 4.78 is 41.6. The summed E-state index contributed by atoms with van der Waals surface area (Å²) in [6.45, 7) is 8.19. The number of carbonyl (C=O) groups excluding carboxylic acids is 2. The van der Waals surface area contributed by atoms with Crippen molar-refractivity contribution in [3.8, 4) is 0 Å². The van der Waals surface area contributed by atoms with Gasteiger partial charge in [-0.15, -0.1) is 0 Å². The summed E-state index contributed by atoms with van der Waals surface area (Å²) in [6, 6.07) is 20.2. The molecular weight excluding hydrogens is 553 g/mol. The number of rotatable bonds is 14. The lowest BCUT2D eigenvalue weighted by molar-refractivity contribution is -0.141. The minimum atomic E-state index is -3.62. The second kappa shape index (κ2) is 15.0. The summed E-state index contributed by atoms with van der Waals surface area (Å²) in [5.74, 6) is -0.928. The summed E-state index contributed by atoms with van der Waals surface area (Å²) in [5, 5.41) is 2.95. The molecular formula is C33H42FN3O4S. The Kier molecular flexibility index (Phi) is 11.7. The lowest BCUT2D eigenvalue weighted by Crippen LogP contribution is -2.51. The first-order valence-corrected chi connectivity index (χ1v) is 16.1. The molecule has 3 rings (SSSR count). The Morgan fingerprint density at radius 3 is 2.24 bits per heavy atom. The van der Waals surface area contributed by atoms with Gasteiger partial charge in [-0.1, -0.05) is 74.5 Å². The molecule has 0 aliphatic heterocycles. The van der Waals surface area contributed by atoms with Crippen LogP contribution in [-0.2, 0) is 32.6 Å². The van der Waals surface area contributed by atoms with Gasteiger partial charge >= 0.3 is 0 Å². The van der Waals surface area contributed by atoms with Gasteiger partial charge in [-0.2, -0.15) is 0 Å². The number of benzene rings is 3. The zero-order valence-electron chi connectivity index (χ0n) is 25.1. The predicted octanol–water partition coefficient (Wildman–Crippen LogP) is 5.40. The minimum Gasteiger partial charge on any atom is -0.354 e. The number of nitrogens with zero attached hydrogens (tertiary/aromatic N) is 2. The van der Waals surface area contributed by atoms with E-state index in [1.54, 1.807) is 30.3 Å². The molecule has 1 atom stereocenters. The maximum atomic E-state index is 14.8. The van der Waals surface area contributed by atoms with Crippen molar-refractivity contribution in [2.45, 2.75) is 59.5 Å². The zero-order chi connectivity index (χ0) is 30.9. The standard InChI is InChI=1S/C33H42FN3O4S/c1-24(2)22-35-33(39)31(21-27-14-7-6-8-15-27)36(23-28-16-9-10-17-29(28)34)32(38)19-12-20-37(42(5,40)41)30-18-11-13-25(3)26(30)4/h6-11,13-18,24,31H,12,19-23H2,1-5H3,(H,35,39)/t31-/m0/s1. The second-order valence-corrected chi connectivity index (χ2v) is 13.0. The van der Waals surface area contributed by atoms with Crippen molar-refractivity contribution >= 4 is 27.5 Å². The van der Waals surface area contributed by atoms with Crippen molar-refractivity contribution < 1.29 is 22.4 Å². The second-order valence-electron chi connectivity index (χ2n) is 11.1. The van der Waals surface area contributed by atoms with Crippen molar-refractivity contribution in [2.75, 3.05) is 23.7 Å². The van der Waals surface area contributed by atoms with Crippen LogP contribution in [0.25, 0.3) is 0 Å². The molecule has 226 valence electrons. The lowest BCUT2D eigenvalue weighted by Gasteiger charge is -2.32. The van der Waals surface area contributed by atoms with Gasteiger partial charge in [-0.3, -0.25) is 13.9 Å². The molecule has 0 aliphatic carbocycles. The number of hydrogen-bond donors (Lipinski definition) is 1. The summed E-state index contributed by atoms with van der Waals surface area (Å²) in [6.07, 6.45) is 1.60. The van der Waals surface area contributed by atoms with Crippen LogP contribution < -0.4 is 9.62 Å². The Morgan fingerprint density at radius 2 is 1.60 bits per heavy atom. The fourth-order valence-electron chi connectivity index (χ4n) is 4.77. The van der Waals surface area contributed by atoms with Crippen LogP contribution in [0.15, 0.2) is 72.8 Å². The molecule has 7 nitrogen and oxygen atoms in total. The highest BCUT2D eigenvalue weighted by Gasteiger charge is 2.31. The fourth-order valence-corrected chi connectivity index (χ4v) is 5.79. The van der Waals surface area contributed by atoms with Crippen LogP contribution in [0, 0.1) is 25.6 Å². The molecule has 0 unspecified atom stereocenters. The highest BCUT2D eigenvalue weighted by Crippen LogP contribution is 2.26. The number of amides is 2. The van der Waals surface area contributed by atoms with E-state index in [2.05, 4.69) is 5.32 Å². The Morgan fingerprint density at radius 1 is 0.929 bits per heavy atom. The molecule has 0 fully saturated rings. The number of hydrogen-bond acceptors (Lipinski definition) is 4. The van der Waals surface area contributed by atoms with Crippen LogP contribution in [0.3, 0.4) is 0 Å². The molecule has 42 heavy (non-hydrogen) atoms. The van der Waals surface area contributed by atoms with Gasteiger partial charge in [0.1, 0.15) is 11.9 Å². The van der Waals surface area contributed by atoms with E-state index in [1.807, 2.05) is 64.1 Å². The molecule has 0 bridgehead atoms.